The van der Waals surface area contributed by atoms with Gasteiger partial charge in [-0.05, 0) is 36.8 Å². The summed E-state index contributed by atoms with van der Waals surface area (Å²) in [4.78, 5) is 27.4. The van der Waals surface area contributed by atoms with Gasteiger partial charge in [0, 0.05) is 38.2 Å². The topological polar surface area (TPSA) is 58.6 Å². The number of amides is 2. The maximum atomic E-state index is 13.8. The van der Waals surface area contributed by atoms with Crippen LogP contribution in [-0.4, -0.2) is 50.1 Å². The van der Waals surface area contributed by atoms with Crippen LogP contribution in [-0.2, 0) is 9.53 Å². The maximum absolute atomic E-state index is 13.8. The third-order valence-corrected chi connectivity index (χ3v) is 5.12. The summed E-state index contributed by atoms with van der Waals surface area (Å²) < 4.78 is 18.7. The zero-order valence-corrected chi connectivity index (χ0v) is 16.2. The molecule has 28 heavy (non-hydrogen) atoms. The number of nitrogens with zero attached hydrogens (tertiary/aromatic N) is 1. The summed E-state index contributed by atoms with van der Waals surface area (Å²) in [5.41, 5.74) is 2.39. The molecule has 0 radical (unpaired) electrons. The Kier molecular flexibility index (Phi) is 6.41. The van der Waals surface area contributed by atoms with Crippen LogP contribution in [0.2, 0.25) is 0 Å². The van der Waals surface area contributed by atoms with E-state index in [0.29, 0.717) is 31.8 Å². The van der Waals surface area contributed by atoms with Crippen molar-refractivity contribution >= 4 is 11.8 Å². The first kappa shape index (κ1) is 20.0. The molecule has 1 heterocycles. The number of ether oxygens (including phenoxy) is 1. The molecule has 2 aromatic carbocycles. The van der Waals surface area contributed by atoms with E-state index in [1.54, 1.807) is 30.2 Å². The van der Waals surface area contributed by atoms with Crippen molar-refractivity contribution in [3.63, 3.8) is 0 Å². The number of hydrogen-bond acceptors (Lipinski definition) is 3. The Labute approximate surface area is 164 Å². The van der Waals surface area contributed by atoms with E-state index in [4.69, 9.17) is 4.74 Å². The average molecular weight is 384 g/mol. The highest BCUT2D eigenvalue weighted by Gasteiger charge is 2.40. The van der Waals surface area contributed by atoms with Crippen LogP contribution in [0.4, 0.5) is 4.39 Å². The van der Waals surface area contributed by atoms with Gasteiger partial charge in [-0.1, -0.05) is 29.8 Å². The zero-order valence-electron chi connectivity index (χ0n) is 16.2. The molecule has 1 N–H and O–H groups in total. The minimum absolute atomic E-state index is 0.117. The number of carbonyl (C=O) groups excluding carboxylic acids is 2. The molecule has 1 saturated heterocycles. The lowest BCUT2D eigenvalue weighted by Gasteiger charge is -2.18. The summed E-state index contributed by atoms with van der Waals surface area (Å²) in [5.74, 6) is -1.31. The quantitative estimate of drug-likeness (QED) is 0.779. The molecule has 2 amide bonds. The number of methoxy groups -OCH3 is 1. The van der Waals surface area contributed by atoms with Crippen LogP contribution in [0.15, 0.2) is 48.5 Å². The summed E-state index contributed by atoms with van der Waals surface area (Å²) in [6.45, 7) is 3.44. The molecule has 0 aliphatic carbocycles. The normalized spacial score (nSPS) is 18.9. The van der Waals surface area contributed by atoms with Crippen molar-refractivity contribution in [3.05, 3.63) is 71.0 Å². The van der Waals surface area contributed by atoms with Gasteiger partial charge in [0.25, 0.3) is 5.91 Å². The van der Waals surface area contributed by atoms with E-state index in [9.17, 15) is 14.0 Å². The van der Waals surface area contributed by atoms with Crippen LogP contribution in [0.5, 0.6) is 0 Å². The molecule has 2 unspecified atom stereocenters. The predicted octanol–water partition coefficient (Wildman–Crippen LogP) is 2.75. The van der Waals surface area contributed by atoms with Crippen molar-refractivity contribution < 1.29 is 18.7 Å². The van der Waals surface area contributed by atoms with Crippen LogP contribution < -0.4 is 5.32 Å². The standard InChI is InChI=1S/C22H25FN2O3/c1-15-6-8-16(9-7-15)22(27)25-13-19(17-4-3-5-18(23)12-17)20(14-25)21(26)24-10-11-28-2/h3-9,12,19-20H,10-11,13-14H2,1-2H3,(H,24,26). The lowest BCUT2D eigenvalue weighted by Crippen LogP contribution is -2.37. The highest BCUT2D eigenvalue weighted by molar-refractivity contribution is 5.95. The van der Waals surface area contributed by atoms with Crippen molar-refractivity contribution in [1.82, 2.24) is 10.2 Å². The van der Waals surface area contributed by atoms with Crippen molar-refractivity contribution in [2.75, 3.05) is 33.4 Å². The molecule has 2 atom stereocenters. The molecule has 1 fully saturated rings. The van der Waals surface area contributed by atoms with Gasteiger partial charge in [-0.3, -0.25) is 9.59 Å². The molecular weight excluding hydrogens is 359 g/mol. The maximum Gasteiger partial charge on any atom is 0.253 e. The second-order valence-corrected chi connectivity index (χ2v) is 7.13. The van der Waals surface area contributed by atoms with Gasteiger partial charge in [-0.15, -0.1) is 0 Å². The lowest BCUT2D eigenvalue weighted by atomic mass is 9.88. The summed E-state index contributed by atoms with van der Waals surface area (Å²) in [6.07, 6.45) is 0. The Morgan fingerprint density at radius 2 is 1.93 bits per heavy atom. The Morgan fingerprint density at radius 1 is 1.18 bits per heavy atom. The van der Waals surface area contributed by atoms with Crippen LogP contribution in [0.1, 0.15) is 27.4 Å². The second-order valence-electron chi connectivity index (χ2n) is 7.13. The number of hydrogen-bond donors (Lipinski definition) is 1. The SMILES string of the molecule is COCCNC(=O)C1CN(C(=O)c2ccc(C)cc2)CC1c1cccc(F)c1. The van der Waals surface area contributed by atoms with Crippen molar-refractivity contribution in [3.8, 4) is 0 Å². The number of nitrogens with one attached hydrogen (secondary N) is 1. The molecule has 0 saturated carbocycles. The Hall–Kier alpha value is -2.73. The van der Waals surface area contributed by atoms with E-state index >= 15 is 0 Å². The van der Waals surface area contributed by atoms with E-state index < -0.39 is 5.92 Å². The number of benzene rings is 2. The molecule has 0 bridgehead atoms. The average Bonchev–Trinajstić information content (AvgIpc) is 3.14. The summed E-state index contributed by atoms with van der Waals surface area (Å²) >= 11 is 0. The minimum atomic E-state index is -0.437. The summed E-state index contributed by atoms with van der Waals surface area (Å²) in [7, 11) is 1.57. The number of rotatable bonds is 6. The van der Waals surface area contributed by atoms with E-state index in [1.807, 2.05) is 25.1 Å². The number of carbonyl (C=O) groups is 2. The first-order chi connectivity index (χ1) is 13.5. The van der Waals surface area contributed by atoms with Gasteiger partial charge >= 0.3 is 0 Å². The van der Waals surface area contributed by atoms with E-state index in [-0.39, 0.29) is 23.5 Å². The van der Waals surface area contributed by atoms with Gasteiger partial charge < -0.3 is 15.0 Å². The van der Waals surface area contributed by atoms with Gasteiger partial charge in [0.05, 0.1) is 12.5 Å². The summed E-state index contributed by atoms with van der Waals surface area (Å²) in [5, 5.41) is 2.85. The van der Waals surface area contributed by atoms with Gasteiger partial charge in [0.2, 0.25) is 5.91 Å². The number of likely N-dealkylation sites (tertiary alicyclic amines) is 1. The highest BCUT2D eigenvalue weighted by Crippen LogP contribution is 2.34. The Balaban J connectivity index is 1.82. The number of halogens is 1. The molecule has 3 rings (SSSR count). The lowest BCUT2D eigenvalue weighted by molar-refractivity contribution is -0.125. The van der Waals surface area contributed by atoms with Gasteiger partial charge in [0.1, 0.15) is 5.82 Å². The van der Waals surface area contributed by atoms with E-state index in [2.05, 4.69) is 5.32 Å². The minimum Gasteiger partial charge on any atom is -0.383 e. The molecule has 0 spiro atoms. The van der Waals surface area contributed by atoms with Crippen LogP contribution in [0.3, 0.4) is 0 Å². The Morgan fingerprint density at radius 3 is 2.61 bits per heavy atom. The molecule has 1 aliphatic rings. The van der Waals surface area contributed by atoms with Gasteiger partial charge in [0.15, 0.2) is 0 Å². The van der Waals surface area contributed by atoms with Crippen LogP contribution >= 0.6 is 0 Å². The first-order valence-electron chi connectivity index (χ1n) is 9.37. The smallest absolute Gasteiger partial charge is 0.253 e. The van der Waals surface area contributed by atoms with Crippen LogP contribution in [0, 0.1) is 18.7 Å². The first-order valence-corrected chi connectivity index (χ1v) is 9.37. The van der Waals surface area contributed by atoms with Gasteiger partial charge in [-0.2, -0.15) is 0 Å². The monoisotopic (exact) mass is 384 g/mol. The van der Waals surface area contributed by atoms with E-state index in [1.165, 1.54) is 12.1 Å². The highest BCUT2D eigenvalue weighted by atomic mass is 19.1. The molecule has 6 heteroatoms. The van der Waals surface area contributed by atoms with Gasteiger partial charge in [-0.25, -0.2) is 4.39 Å². The molecular formula is C22H25FN2O3. The van der Waals surface area contributed by atoms with Crippen molar-refractivity contribution in [2.24, 2.45) is 5.92 Å². The molecule has 0 aromatic heterocycles. The van der Waals surface area contributed by atoms with E-state index in [0.717, 1.165) is 11.1 Å². The molecule has 2 aromatic rings. The fourth-order valence-corrected chi connectivity index (χ4v) is 3.60. The molecule has 5 nitrogen and oxygen atoms in total. The second kappa shape index (κ2) is 8.97. The molecule has 148 valence electrons. The van der Waals surface area contributed by atoms with Crippen LogP contribution in [0.25, 0.3) is 0 Å². The molecule has 1 aliphatic heterocycles. The predicted molar refractivity (Wildman–Crippen MR) is 105 cm³/mol. The van der Waals surface area contributed by atoms with Crippen molar-refractivity contribution in [1.29, 1.82) is 0 Å². The summed E-state index contributed by atoms with van der Waals surface area (Å²) in [6, 6.07) is 13.6. The van der Waals surface area contributed by atoms with Crippen molar-refractivity contribution in [2.45, 2.75) is 12.8 Å². The zero-order chi connectivity index (χ0) is 20.1. The number of aryl methyl sites for hydroxylation is 1. The fraction of sp³-hybridized carbons (Fsp3) is 0.364. The Bertz CT molecular complexity index is 838. The third kappa shape index (κ3) is 4.57. The largest absolute Gasteiger partial charge is 0.383 e. The fourth-order valence-electron chi connectivity index (χ4n) is 3.60. The third-order valence-electron chi connectivity index (χ3n) is 5.12.